The minimum Gasteiger partial charge on any atom is -0.400 e. The molecule has 0 fully saturated rings. The van der Waals surface area contributed by atoms with Gasteiger partial charge in [0.1, 0.15) is 5.82 Å². The monoisotopic (exact) mass is 391 g/mol. The SMILES string of the molecule is N=C(C1=C(N)CN(C(=O)c2cccc(Cl)c2Cl)CC1)c1ccc(F)cc1. The van der Waals surface area contributed by atoms with E-state index in [0.29, 0.717) is 40.4 Å². The zero-order valence-corrected chi connectivity index (χ0v) is 15.2. The second-order valence-electron chi connectivity index (χ2n) is 5.96. The van der Waals surface area contributed by atoms with Crippen LogP contribution in [0.25, 0.3) is 0 Å². The standard InChI is InChI=1S/C19H16Cl2FN3O/c20-15-3-1-2-14(17(15)21)19(26)25-9-8-13(16(23)10-25)18(24)11-4-6-12(22)7-5-11/h1-7,24H,8-10,23H2. The number of carbonyl (C=O) groups excluding carboxylic acids is 1. The van der Waals surface area contributed by atoms with Crippen molar-refractivity contribution < 1.29 is 9.18 Å². The van der Waals surface area contributed by atoms with Crippen molar-refractivity contribution in [2.24, 2.45) is 5.73 Å². The minimum atomic E-state index is -0.359. The van der Waals surface area contributed by atoms with Crippen LogP contribution in [0.4, 0.5) is 4.39 Å². The van der Waals surface area contributed by atoms with Crippen LogP contribution in [0.2, 0.25) is 10.0 Å². The second kappa shape index (κ2) is 7.48. The van der Waals surface area contributed by atoms with Crippen molar-refractivity contribution in [2.75, 3.05) is 13.1 Å². The fourth-order valence-corrected chi connectivity index (χ4v) is 3.26. The van der Waals surface area contributed by atoms with E-state index in [1.807, 2.05) is 0 Å². The maximum atomic E-state index is 13.1. The molecule has 7 heteroatoms. The molecule has 0 aromatic heterocycles. The van der Waals surface area contributed by atoms with Gasteiger partial charge in [0.2, 0.25) is 0 Å². The lowest BCUT2D eigenvalue weighted by molar-refractivity contribution is 0.0764. The molecule has 0 bridgehead atoms. The maximum absolute atomic E-state index is 13.1. The van der Waals surface area contributed by atoms with E-state index in [4.69, 9.17) is 34.3 Å². The molecule has 2 aromatic rings. The van der Waals surface area contributed by atoms with E-state index >= 15 is 0 Å². The van der Waals surface area contributed by atoms with Crippen LogP contribution in [0.5, 0.6) is 0 Å². The van der Waals surface area contributed by atoms with Crippen molar-refractivity contribution in [1.82, 2.24) is 4.90 Å². The maximum Gasteiger partial charge on any atom is 0.255 e. The first-order valence-corrected chi connectivity index (χ1v) is 8.69. The predicted molar refractivity (Wildman–Crippen MR) is 101 cm³/mol. The summed E-state index contributed by atoms with van der Waals surface area (Å²) in [5.74, 6) is -0.616. The van der Waals surface area contributed by atoms with Gasteiger partial charge in [0.05, 0.1) is 27.9 Å². The van der Waals surface area contributed by atoms with Gasteiger partial charge in [0, 0.05) is 12.2 Å². The quantitative estimate of drug-likeness (QED) is 0.767. The molecule has 26 heavy (non-hydrogen) atoms. The highest BCUT2D eigenvalue weighted by atomic mass is 35.5. The third-order valence-corrected chi connectivity index (χ3v) is 5.10. The first kappa shape index (κ1) is 18.4. The molecule has 0 aliphatic carbocycles. The summed E-state index contributed by atoms with van der Waals surface area (Å²) in [6.45, 7) is 0.599. The van der Waals surface area contributed by atoms with E-state index in [2.05, 4.69) is 0 Å². The Morgan fingerprint density at radius 1 is 1.15 bits per heavy atom. The molecular formula is C19H16Cl2FN3O. The Balaban J connectivity index is 1.81. The molecule has 3 rings (SSSR count). The number of nitrogens with one attached hydrogen (secondary N) is 1. The molecule has 0 atom stereocenters. The van der Waals surface area contributed by atoms with Gasteiger partial charge >= 0.3 is 0 Å². The van der Waals surface area contributed by atoms with E-state index in [-0.39, 0.29) is 29.0 Å². The minimum absolute atomic E-state index is 0.195. The molecule has 0 unspecified atom stereocenters. The summed E-state index contributed by atoms with van der Waals surface area (Å²) in [7, 11) is 0. The summed E-state index contributed by atoms with van der Waals surface area (Å²) in [5, 5.41) is 8.85. The molecule has 4 nitrogen and oxygen atoms in total. The Bertz CT molecular complexity index is 910. The van der Waals surface area contributed by atoms with E-state index in [1.165, 1.54) is 12.1 Å². The van der Waals surface area contributed by atoms with Gasteiger partial charge in [-0.05, 0) is 54.0 Å². The van der Waals surface area contributed by atoms with Gasteiger partial charge in [-0.15, -0.1) is 0 Å². The van der Waals surface area contributed by atoms with Crippen molar-refractivity contribution in [3.05, 3.63) is 80.7 Å². The number of amides is 1. The van der Waals surface area contributed by atoms with Crippen LogP contribution in [0.3, 0.4) is 0 Å². The van der Waals surface area contributed by atoms with Crippen LogP contribution < -0.4 is 5.73 Å². The predicted octanol–water partition coefficient (Wildman–Crippen LogP) is 4.26. The molecule has 134 valence electrons. The van der Waals surface area contributed by atoms with Crippen LogP contribution in [-0.2, 0) is 0 Å². The summed E-state index contributed by atoms with van der Waals surface area (Å²) in [4.78, 5) is 14.3. The lowest BCUT2D eigenvalue weighted by Crippen LogP contribution is -2.40. The van der Waals surface area contributed by atoms with Gasteiger partial charge < -0.3 is 10.6 Å². The Labute approximate surface area is 160 Å². The Morgan fingerprint density at radius 3 is 2.50 bits per heavy atom. The molecular weight excluding hydrogens is 376 g/mol. The Hall–Kier alpha value is -2.37. The molecule has 1 aliphatic rings. The molecule has 0 radical (unpaired) electrons. The Morgan fingerprint density at radius 2 is 1.85 bits per heavy atom. The van der Waals surface area contributed by atoms with Gasteiger partial charge in [-0.1, -0.05) is 29.3 Å². The first-order valence-electron chi connectivity index (χ1n) is 7.94. The largest absolute Gasteiger partial charge is 0.400 e. The zero-order chi connectivity index (χ0) is 18.8. The zero-order valence-electron chi connectivity index (χ0n) is 13.7. The van der Waals surface area contributed by atoms with Crippen molar-refractivity contribution in [3.63, 3.8) is 0 Å². The molecule has 0 saturated heterocycles. The van der Waals surface area contributed by atoms with Crippen LogP contribution in [-0.4, -0.2) is 29.6 Å². The number of nitrogens with two attached hydrogens (primary N) is 1. The fraction of sp³-hybridized carbons (Fsp3) is 0.158. The van der Waals surface area contributed by atoms with Gasteiger partial charge in [0.15, 0.2) is 0 Å². The van der Waals surface area contributed by atoms with Crippen LogP contribution in [0, 0.1) is 11.2 Å². The van der Waals surface area contributed by atoms with Gasteiger partial charge in [-0.3, -0.25) is 10.2 Å². The Kier molecular flexibility index (Phi) is 5.30. The number of hydrogen-bond acceptors (Lipinski definition) is 3. The molecule has 2 aromatic carbocycles. The normalized spacial score (nSPS) is 14.5. The lowest BCUT2D eigenvalue weighted by Gasteiger charge is -2.30. The smallest absolute Gasteiger partial charge is 0.255 e. The average molecular weight is 392 g/mol. The van der Waals surface area contributed by atoms with Crippen molar-refractivity contribution >= 4 is 34.8 Å². The van der Waals surface area contributed by atoms with Crippen molar-refractivity contribution in [1.29, 1.82) is 5.41 Å². The molecule has 0 saturated carbocycles. The van der Waals surface area contributed by atoms with Crippen LogP contribution >= 0.6 is 23.2 Å². The molecule has 3 N–H and O–H groups in total. The number of nitrogens with zero attached hydrogens (tertiary/aromatic N) is 1. The van der Waals surface area contributed by atoms with E-state index in [0.717, 1.165) is 0 Å². The number of hydrogen-bond donors (Lipinski definition) is 2. The average Bonchev–Trinajstić information content (AvgIpc) is 2.63. The summed E-state index contributed by atoms with van der Waals surface area (Å²) in [6, 6.07) is 10.6. The fourth-order valence-electron chi connectivity index (χ4n) is 2.88. The third kappa shape index (κ3) is 3.59. The first-order chi connectivity index (χ1) is 12.4. The third-order valence-electron chi connectivity index (χ3n) is 4.28. The summed E-state index contributed by atoms with van der Waals surface area (Å²) < 4.78 is 13.1. The van der Waals surface area contributed by atoms with Crippen molar-refractivity contribution in [2.45, 2.75) is 6.42 Å². The highest BCUT2D eigenvalue weighted by Crippen LogP contribution is 2.28. The second-order valence-corrected chi connectivity index (χ2v) is 6.75. The topological polar surface area (TPSA) is 70.2 Å². The molecule has 1 heterocycles. The number of halogens is 3. The molecule has 1 amide bonds. The van der Waals surface area contributed by atoms with Gasteiger partial charge in [-0.25, -0.2) is 4.39 Å². The van der Waals surface area contributed by atoms with E-state index in [9.17, 15) is 9.18 Å². The highest BCUT2D eigenvalue weighted by molar-refractivity contribution is 6.43. The summed E-state index contributed by atoms with van der Waals surface area (Å²) in [6.07, 6.45) is 0.436. The van der Waals surface area contributed by atoms with Gasteiger partial charge in [-0.2, -0.15) is 0 Å². The number of rotatable bonds is 3. The highest BCUT2D eigenvalue weighted by Gasteiger charge is 2.26. The molecule has 1 aliphatic heterocycles. The summed E-state index contributed by atoms with van der Waals surface area (Å²) >= 11 is 12.1. The molecule has 0 spiro atoms. The van der Waals surface area contributed by atoms with Crippen LogP contribution in [0.15, 0.2) is 53.7 Å². The van der Waals surface area contributed by atoms with E-state index in [1.54, 1.807) is 35.2 Å². The van der Waals surface area contributed by atoms with Crippen molar-refractivity contribution in [3.8, 4) is 0 Å². The number of benzene rings is 2. The van der Waals surface area contributed by atoms with Crippen LogP contribution in [0.1, 0.15) is 22.3 Å². The van der Waals surface area contributed by atoms with Gasteiger partial charge in [0.25, 0.3) is 5.91 Å². The number of carbonyl (C=O) groups is 1. The lowest BCUT2D eigenvalue weighted by atomic mass is 9.95. The van der Waals surface area contributed by atoms with E-state index < -0.39 is 0 Å². The summed E-state index contributed by atoms with van der Waals surface area (Å²) in [5.41, 5.74) is 8.39.